The van der Waals surface area contributed by atoms with E-state index in [1.54, 1.807) is 23.7 Å². The molecule has 0 N–H and O–H groups in total. The van der Waals surface area contributed by atoms with Gasteiger partial charge in [-0.2, -0.15) is 0 Å². The van der Waals surface area contributed by atoms with E-state index >= 15 is 0 Å². The van der Waals surface area contributed by atoms with Crippen molar-refractivity contribution in [3.05, 3.63) is 113 Å². The van der Waals surface area contributed by atoms with Gasteiger partial charge >= 0.3 is 0 Å². The smallest absolute Gasteiger partial charge is 0.271 e. The molecule has 3 aromatic heterocycles. The van der Waals surface area contributed by atoms with Gasteiger partial charge in [0, 0.05) is 22.8 Å². The monoisotopic (exact) mass is 427 g/mol. The standard InChI is InChI=1S/C24H17N3OS2/c28-23-20(13-15-5-3-11-25-14-15)30-24-26-21-17-7-2-1-6-16(17)9-10-18(21)22(27(23)24)19-8-4-12-29-19/h1-8,11-14,22H,9-10H2/b20-13+. The number of aromatic nitrogens is 2. The van der Waals surface area contributed by atoms with Crippen molar-refractivity contribution >= 4 is 34.4 Å². The maximum absolute atomic E-state index is 13.5. The predicted octanol–water partition coefficient (Wildman–Crippen LogP) is 3.78. The van der Waals surface area contributed by atoms with Crippen LogP contribution in [0.4, 0.5) is 0 Å². The molecule has 4 nitrogen and oxygen atoms in total. The maximum Gasteiger partial charge on any atom is 0.271 e. The number of nitrogens with zero attached hydrogens (tertiary/aromatic N) is 3. The molecule has 1 aliphatic carbocycles. The molecule has 30 heavy (non-hydrogen) atoms. The van der Waals surface area contributed by atoms with E-state index in [4.69, 9.17) is 4.99 Å². The fourth-order valence-corrected chi connectivity index (χ4v) is 6.18. The van der Waals surface area contributed by atoms with Gasteiger partial charge in [0.15, 0.2) is 4.80 Å². The van der Waals surface area contributed by atoms with Crippen LogP contribution in [0.5, 0.6) is 0 Å². The minimum Gasteiger partial charge on any atom is -0.271 e. The average molecular weight is 428 g/mol. The van der Waals surface area contributed by atoms with E-state index < -0.39 is 0 Å². The first-order valence-corrected chi connectivity index (χ1v) is 11.6. The molecule has 0 bridgehead atoms. The number of allylic oxidation sites excluding steroid dienone is 1. The lowest BCUT2D eigenvalue weighted by Crippen LogP contribution is -2.38. The van der Waals surface area contributed by atoms with Gasteiger partial charge in [0.05, 0.1) is 16.3 Å². The Hall–Kier alpha value is -3.09. The van der Waals surface area contributed by atoms with Gasteiger partial charge in [-0.25, -0.2) is 4.99 Å². The first-order chi connectivity index (χ1) is 14.8. The molecule has 0 saturated heterocycles. The van der Waals surface area contributed by atoms with Crippen molar-refractivity contribution in [2.45, 2.75) is 18.9 Å². The van der Waals surface area contributed by atoms with Crippen LogP contribution in [0.25, 0.3) is 11.8 Å². The second kappa shape index (κ2) is 7.00. The Labute approximate surface area is 180 Å². The lowest BCUT2D eigenvalue weighted by atomic mass is 9.85. The molecule has 2 aliphatic rings. The summed E-state index contributed by atoms with van der Waals surface area (Å²) < 4.78 is 2.59. The minimum atomic E-state index is -0.0827. The molecule has 0 fully saturated rings. The van der Waals surface area contributed by atoms with Crippen LogP contribution in [-0.2, 0) is 6.42 Å². The SMILES string of the molecule is O=c1/c(=C\c2cccnc2)sc2n1C(c1cccs1)C1=C(N=2)c2ccccc2CC1. The topological polar surface area (TPSA) is 47.2 Å². The first kappa shape index (κ1) is 17.7. The van der Waals surface area contributed by atoms with E-state index in [2.05, 4.69) is 46.8 Å². The van der Waals surface area contributed by atoms with Gasteiger partial charge in [0.2, 0.25) is 0 Å². The number of hydrogen-bond donors (Lipinski definition) is 0. The Kier molecular flexibility index (Phi) is 4.14. The van der Waals surface area contributed by atoms with Gasteiger partial charge in [-0.15, -0.1) is 11.3 Å². The molecule has 0 radical (unpaired) electrons. The molecule has 1 atom stereocenters. The number of pyridine rings is 1. The van der Waals surface area contributed by atoms with Crippen LogP contribution in [0.1, 0.15) is 34.0 Å². The van der Waals surface area contributed by atoms with Crippen molar-refractivity contribution in [1.82, 2.24) is 9.55 Å². The Balaban J connectivity index is 1.64. The summed E-state index contributed by atoms with van der Waals surface area (Å²) in [6.07, 6.45) is 7.33. The third-order valence-electron chi connectivity index (χ3n) is 5.67. The van der Waals surface area contributed by atoms with Gasteiger partial charge < -0.3 is 0 Å². The average Bonchev–Trinajstić information content (AvgIpc) is 3.42. The quantitative estimate of drug-likeness (QED) is 0.489. The number of thiophene rings is 1. The molecular weight excluding hydrogens is 410 g/mol. The first-order valence-electron chi connectivity index (χ1n) is 9.86. The Morgan fingerprint density at radius 2 is 2.00 bits per heavy atom. The summed E-state index contributed by atoms with van der Waals surface area (Å²) in [4.78, 5) is 24.6. The van der Waals surface area contributed by atoms with Gasteiger partial charge in [-0.3, -0.25) is 14.3 Å². The predicted molar refractivity (Wildman–Crippen MR) is 121 cm³/mol. The third kappa shape index (κ3) is 2.75. The summed E-state index contributed by atoms with van der Waals surface area (Å²) in [6.45, 7) is 0. The van der Waals surface area contributed by atoms with Crippen LogP contribution in [-0.4, -0.2) is 9.55 Å². The second-order valence-corrected chi connectivity index (χ2v) is 9.40. The van der Waals surface area contributed by atoms with Crippen molar-refractivity contribution < 1.29 is 0 Å². The molecule has 0 amide bonds. The molecule has 1 aliphatic heterocycles. The number of benzene rings is 1. The summed E-state index contributed by atoms with van der Waals surface area (Å²) >= 11 is 3.16. The highest BCUT2D eigenvalue weighted by atomic mass is 32.1. The van der Waals surface area contributed by atoms with Crippen LogP contribution in [0.15, 0.2) is 81.7 Å². The van der Waals surface area contributed by atoms with Crippen molar-refractivity contribution in [2.75, 3.05) is 0 Å². The van der Waals surface area contributed by atoms with Crippen molar-refractivity contribution in [3.63, 3.8) is 0 Å². The third-order valence-corrected chi connectivity index (χ3v) is 7.58. The normalized spacial score (nSPS) is 17.9. The van der Waals surface area contributed by atoms with Gasteiger partial charge in [-0.1, -0.05) is 47.7 Å². The maximum atomic E-state index is 13.5. The fourth-order valence-electron chi connectivity index (χ4n) is 4.33. The number of aryl methyl sites for hydroxylation is 1. The number of thiazole rings is 1. The zero-order chi connectivity index (χ0) is 20.1. The molecule has 6 rings (SSSR count). The number of fused-ring (bicyclic) bond motifs is 3. The molecule has 1 aromatic carbocycles. The van der Waals surface area contributed by atoms with E-state index in [0.717, 1.165) is 28.9 Å². The Bertz CT molecular complexity index is 1460. The zero-order valence-electron chi connectivity index (χ0n) is 16.0. The van der Waals surface area contributed by atoms with Crippen molar-refractivity contribution in [1.29, 1.82) is 0 Å². The second-order valence-electron chi connectivity index (χ2n) is 7.42. The molecule has 4 heterocycles. The molecule has 1 unspecified atom stereocenters. The molecule has 6 heteroatoms. The minimum absolute atomic E-state index is 0.0198. The lowest BCUT2D eigenvalue weighted by Gasteiger charge is -2.30. The number of hydrogen-bond acceptors (Lipinski definition) is 5. The van der Waals surface area contributed by atoms with Crippen molar-refractivity contribution in [3.8, 4) is 0 Å². The lowest BCUT2D eigenvalue weighted by molar-refractivity contribution is 0.593. The zero-order valence-corrected chi connectivity index (χ0v) is 17.6. The van der Waals surface area contributed by atoms with E-state index in [9.17, 15) is 4.79 Å². The summed E-state index contributed by atoms with van der Waals surface area (Å²) in [5.41, 5.74) is 5.77. The highest BCUT2D eigenvalue weighted by Crippen LogP contribution is 2.42. The van der Waals surface area contributed by atoms with Gasteiger partial charge in [0.25, 0.3) is 5.56 Å². The summed E-state index contributed by atoms with van der Waals surface area (Å²) in [5.74, 6) is 0. The van der Waals surface area contributed by atoms with Crippen LogP contribution in [0.3, 0.4) is 0 Å². The van der Waals surface area contributed by atoms with Crippen LogP contribution >= 0.6 is 22.7 Å². The summed E-state index contributed by atoms with van der Waals surface area (Å²) in [6, 6.07) is 16.5. The van der Waals surface area contributed by atoms with Gasteiger partial charge in [-0.05, 0) is 53.1 Å². The largest absolute Gasteiger partial charge is 0.271 e. The number of rotatable bonds is 2. The van der Waals surface area contributed by atoms with Crippen molar-refractivity contribution in [2.24, 2.45) is 4.99 Å². The Morgan fingerprint density at radius 1 is 1.07 bits per heavy atom. The van der Waals surface area contributed by atoms with Gasteiger partial charge in [0.1, 0.15) is 0 Å². The van der Waals surface area contributed by atoms with E-state index in [1.807, 2.05) is 22.8 Å². The molecule has 146 valence electrons. The van der Waals surface area contributed by atoms with Crippen LogP contribution < -0.4 is 14.9 Å². The molecule has 0 saturated carbocycles. The van der Waals surface area contributed by atoms with E-state index in [-0.39, 0.29) is 11.6 Å². The molecule has 4 aromatic rings. The summed E-state index contributed by atoms with van der Waals surface area (Å²) in [5, 5.41) is 2.08. The summed E-state index contributed by atoms with van der Waals surface area (Å²) in [7, 11) is 0. The van der Waals surface area contributed by atoms with E-state index in [1.165, 1.54) is 32.9 Å². The highest BCUT2D eigenvalue weighted by Gasteiger charge is 2.32. The molecular formula is C24H17N3OS2. The van der Waals surface area contributed by atoms with E-state index in [0.29, 0.717) is 4.53 Å². The van der Waals surface area contributed by atoms with Crippen LogP contribution in [0.2, 0.25) is 0 Å². The van der Waals surface area contributed by atoms with Crippen LogP contribution in [0, 0.1) is 0 Å². The Morgan fingerprint density at radius 3 is 2.83 bits per heavy atom. The molecule has 0 spiro atoms. The fraction of sp³-hybridized carbons (Fsp3) is 0.125. The highest BCUT2D eigenvalue weighted by molar-refractivity contribution is 7.10.